The highest BCUT2D eigenvalue weighted by Gasteiger charge is 2.29. The predicted octanol–water partition coefficient (Wildman–Crippen LogP) is 1.39. The van der Waals surface area contributed by atoms with Gasteiger partial charge >= 0.3 is 0 Å². The van der Waals surface area contributed by atoms with E-state index in [2.05, 4.69) is 5.16 Å². The Morgan fingerprint density at radius 3 is 1.76 bits per heavy atom. The molecule has 25 heavy (non-hydrogen) atoms. The maximum absolute atomic E-state index is 12.3. The van der Waals surface area contributed by atoms with E-state index in [0.717, 1.165) is 4.31 Å². The molecule has 2 aromatic carbocycles. The van der Waals surface area contributed by atoms with Crippen molar-refractivity contribution >= 4 is 25.9 Å². The van der Waals surface area contributed by atoms with Crippen molar-refractivity contribution in [1.29, 1.82) is 0 Å². The average molecular weight is 382 g/mol. The molecule has 0 heterocycles. The Morgan fingerprint density at radius 1 is 0.840 bits per heavy atom. The molecule has 0 aromatic heterocycles. The SMILES string of the molecule is CN(C)S(=O)(=O)c1ccc2c(c1)/C(=N/O)c1cc(S(=O)(=O)O)ccc1-2. The van der Waals surface area contributed by atoms with Crippen molar-refractivity contribution in [2.45, 2.75) is 9.79 Å². The van der Waals surface area contributed by atoms with E-state index < -0.39 is 20.1 Å². The van der Waals surface area contributed by atoms with E-state index >= 15 is 0 Å². The smallest absolute Gasteiger partial charge is 0.294 e. The summed E-state index contributed by atoms with van der Waals surface area (Å²) in [4.78, 5) is -0.332. The molecule has 1 aliphatic carbocycles. The van der Waals surface area contributed by atoms with Crippen molar-refractivity contribution in [3.05, 3.63) is 47.5 Å². The van der Waals surface area contributed by atoms with Gasteiger partial charge in [-0.3, -0.25) is 4.55 Å². The lowest BCUT2D eigenvalue weighted by Gasteiger charge is -2.12. The number of oxime groups is 1. The standard InChI is InChI=1S/C15H14N2O6S2/c1-17(2)24(19,20)9-3-5-11-12-6-4-10(25(21,22)23)8-14(12)15(16-18)13(11)7-9/h3-8,18H,1-2H3,(H,21,22,23)/b16-15-. The fourth-order valence-electron chi connectivity index (χ4n) is 2.69. The molecular weight excluding hydrogens is 368 g/mol. The van der Waals surface area contributed by atoms with Crippen LogP contribution in [0.5, 0.6) is 0 Å². The lowest BCUT2D eigenvalue weighted by Crippen LogP contribution is -2.22. The zero-order chi connectivity index (χ0) is 18.6. The van der Waals surface area contributed by atoms with Crippen LogP contribution in [0.4, 0.5) is 0 Å². The summed E-state index contributed by atoms with van der Waals surface area (Å²) in [5.74, 6) is 0. The Morgan fingerprint density at radius 2 is 1.32 bits per heavy atom. The van der Waals surface area contributed by atoms with Crippen LogP contribution in [0.2, 0.25) is 0 Å². The number of benzene rings is 2. The van der Waals surface area contributed by atoms with Crippen LogP contribution in [0.1, 0.15) is 11.1 Å². The molecule has 0 saturated heterocycles. The van der Waals surface area contributed by atoms with Gasteiger partial charge in [0.2, 0.25) is 10.0 Å². The van der Waals surface area contributed by atoms with Gasteiger partial charge in [-0.05, 0) is 35.4 Å². The summed E-state index contributed by atoms with van der Waals surface area (Å²) in [7, 11) is -5.31. The molecule has 10 heteroatoms. The Labute approximate surface area is 144 Å². The second kappa shape index (κ2) is 5.63. The molecule has 8 nitrogen and oxygen atoms in total. The molecule has 0 atom stereocenters. The summed E-state index contributed by atoms with van der Waals surface area (Å²) < 4.78 is 57.5. The van der Waals surface area contributed by atoms with Crippen LogP contribution in [0.15, 0.2) is 51.3 Å². The van der Waals surface area contributed by atoms with E-state index in [0.29, 0.717) is 16.7 Å². The second-order valence-corrected chi connectivity index (χ2v) is 9.20. The highest BCUT2D eigenvalue weighted by molar-refractivity contribution is 7.89. The van der Waals surface area contributed by atoms with Crippen molar-refractivity contribution in [3.8, 4) is 11.1 Å². The molecule has 0 amide bonds. The maximum Gasteiger partial charge on any atom is 0.294 e. The van der Waals surface area contributed by atoms with Gasteiger partial charge < -0.3 is 5.21 Å². The molecule has 0 radical (unpaired) electrons. The van der Waals surface area contributed by atoms with Crippen LogP contribution in [0, 0.1) is 0 Å². The summed E-state index contributed by atoms with van der Waals surface area (Å²) in [6.07, 6.45) is 0. The summed E-state index contributed by atoms with van der Waals surface area (Å²) in [6, 6.07) is 8.23. The van der Waals surface area contributed by atoms with Crippen molar-refractivity contribution in [3.63, 3.8) is 0 Å². The number of rotatable bonds is 3. The van der Waals surface area contributed by atoms with Crippen LogP contribution >= 0.6 is 0 Å². The molecule has 132 valence electrons. The molecule has 1 aliphatic rings. The number of hydrogen-bond acceptors (Lipinski definition) is 6. The molecule has 0 unspecified atom stereocenters. The summed E-state index contributed by atoms with van der Waals surface area (Å²) in [5.41, 5.74) is 1.85. The lowest BCUT2D eigenvalue weighted by molar-refractivity contribution is 0.320. The third kappa shape index (κ3) is 2.72. The van der Waals surface area contributed by atoms with Gasteiger partial charge in [-0.2, -0.15) is 8.42 Å². The van der Waals surface area contributed by atoms with Gasteiger partial charge in [-0.15, -0.1) is 0 Å². The largest absolute Gasteiger partial charge is 0.410 e. The molecule has 3 rings (SSSR count). The third-order valence-corrected chi connectivity index (χ3v) is 6.62. The normalized spacial score (nSPS) is 15.4. The van der Waals surface area contributed by atoms with Crippen LogP contribution in [-0.4, -0.2) is 50.7 Å². The monoisotopic (exact) mass is 382 g/mol. The lowest BCUT2D eigenvalue weighted by atomic mass is 10.1. The van der Waals surface area contributed by atoms with Gasteiger partial charge in [0.15, 0.2) is 0 Å². The van der Waals surface area contributed by atoms with Gasteiger partial charge in [0.05, 0.1) is 9.79 Å². The summed E-state index contributed by atoms with van der Waals surface area (Å²) >= 11 is 0. The van der Waals surface area contributed by atoms with Gasteiger partial charge in [0.25, 0.3) is 10.1 Å². The van der Waals surface area contributed by atoms with E-state index in [1.165, 1.54) is 44.4 Å². The Hall–Kier alpha value is -2.27. The summed E-state index contributed by atoms with van der Waals surface area (Å²) in [6.45, 7) is 0. The Balaban J connectivity index is 2.25. The van der Waals surface area contributed by atoms with Crippen LogP contribution < -0.4 is 0 Å². The van der Waals surface area contributed by atoms with E-state index in [1.54, 1.807) is 6.07 Å². The number of nitrogens with zero attached hydrogens (tertiary/aromatic N) is 2. The van der Waals surface area contributed by atoms with Crippen LogP contribution in [0.25, 0.3) is 11.1 Å². The Kier molecular flexibility index (Phi) is 3.95. The van der Waals surface area contributed by atoms with Gasteiger partial charge in [0.1, 0.15) is 5.71 Å². The zero-order valence-corrected chi connectivity index (χ0v) is 14.8. The van der Waals surface area contributed by atoms with E-state index in [9.17, 15) is 26.6 Å². The van der Waals surface area contributed by atoms with Crippen LogP contribution in [-0.2, 0) is 20.1 Å². The van der Waals surface area contributed by atoms with Crippen molar-refractivity contribution in [2.75, 3.05) is 14.1 Å². The van der Waals surface area contributed by atoms with Crippen molar-refractivity contribution in [2.24, 2.45) is 5.16 Å². The predicted molar refractivity (Wildman–Crippen MR) is 90.0 cm³/mol. The minimum absolute atomic E-state index is 0.0141. The number of fused-ring (bicyclic) bond motifs is 3. The average Bonchev–Trinajstić information content (AvgIpc) is 2.85. The third-order valence-electron chi connectivity index (χ3n) is 3.96. The number of hydrogen-bond donors (Lipinski definition) is 2. The van der Waals surface area contributed by atoms with Crippen LogP contribution in [0.3, 0.4) is 0 Å². The minimum Gasteiger partial charge on any atom is -0.410 e. The van der Waals surface area contributed by atoms with E-state index in [4.69, 9.17) is 0 Å². The fraction of sp³-hybridized carbons (Fsp3) is 0.133. The molecule has 2 N–H and O–H groups in total. The van der Waals surface area contributed by atoms with E-state index in [-0.39, 0.29) is 21.1 Å². The molecule has 0 bridgehead atoms. The van der Waals surface area contributed by atoms with E-state index in [1.807, 2.05) is 0 Å². The quantitative estimate of drug-likeness (QED) is 0.401. The maximum atomic E-state index is 12.3. The fourth-order valence-corrected chi connectivity index (χ4v) is 4.13. The highest BCUT2D eigenvalue weighted by Crippen LogP contribution is 2.39. The molecule has 2 aromatic rings. The first-order chi connectivity index (χ1) is 11.6. The van der Waals surface area contributed by atoms with Gasteiger partial charge in [0, 0.05) is 25.2 Å². The first kappa shape index (κ1) is 17.5. The summed E-state index contributed by atoms with van der Waals surface area (Å²) in [5, 5.41) is 12.6. The molecular formula is C15H14N2O6S2. The van der Waals surface area contributed by atoms with Gasteiger partial charge in [-0.25, -0.2) is 12.7 Å². The zero-order valence-electron chi connectivity index (χ0n) is 13.2. The van der Waals surface area contributed by atoms with Gasteiger partial charge in [-0.1, -0.05) is 17.3 Å². The topological polar surface area (TPSA) is 124 Å². The first-order valence-electron chi connectivity index (χ1n) is 6.98. The second-order valence-electron chi connectivity index (χ2n) is 5.63. The molecule has 0 fully saturated rings. The number of sulfonamides is 1. The molecule has 0 spiro atoms. The highest BCUT2D eigenvalue weighted by atomic mass is 32.2. The Bertz CT molecular complexity index is 1120. The van der Waals surface area contributed by atoms with Crippen molar-refractivity contribution in [1.82, 2.24) is 4.31 Å². The minimum atomic E-state index is -4.43. The molecule has 0 aliphatic heterocycles. The molecule has 0 saturated carbocycles. The van der Waals surface area contributed by atoms with Crippen molar-refractivity contribution < 1.29 is 26.6 Å². The first-order valence-corrected chi connectivity index (χ1v) is 9.86.